The summed E-state index contributed by atoms with van der Waals surface area (Å²) in [5, 5.41) is 17.2. The van der Waals surface area contributed by atoms with Gasteiger partial charge in [-0.15, -0.1) is 0 Å². The number of fused-ring (bicyclic) bond motifs is 2. The Morgan fingerprint density at radius 1 is 0.795 bits per heavy atom. The van der Waals surface area contributed by atoms with Crippen molar-refractivity contribution in [3.05, 3.63) is 72.1 Å². The van der Waals surface area contributed by atoms with Crippen LogP contribution in [-0.4, -0.2) is 57.5 Å². The van der Waals surface area contributed by atoms with Gasteiger partial charge in [-0.1, -0.05) is 36.4 Å². The lowest BCUT2D eigenvalue weighted by Crippen LogP contribution is -2.54. The predicted octanol–water partition coefficient (Wildman–Crippen LogP) is 2.34. The molecule has 0 radical (unpaired) electrons. The van der Waals surface area contributed by atoms with Gasteiger partial charge in [0.25, 0.3) is 0 Å². The number of aryl methyl sites for hydroxylation is 1. The molecule has 0 aliphatic heterocycles. The van der Waals surface area contributed by atoms with Gasteiger partial charge in [0.1, 0.15) is 12.1 Å². The smallest absolute Gasteiger partial charge is 0.326 e. The molecule has 0 saturated heterocycles. The molecule has 206 valence electrons. The van der Waals surface area contributed by atoms with E-state index in [1.54, 1.807) is 6.20 Å². The number of rotatable bonds is 14. The van der Waals surface area contributed by atoms with E-state index < -0.39 is 35.9 Å². The van der Waals surface area contributed by atoms with Crippen LogP contribution in [0.5, 0.6) is 0 Å². The maximum atomic E-state index is 13.2. The highest BCUT2D eigenvalue weighted by Crippen LogP contribution is 2.20. The molecule has 4 rings (SSSR count). The van der Waals surface area contributed by atoms with Crippen molar-refractivity contribution >= 4 is 39.6 Å². The molecular formula is C29H36N6O4. The fraction of sp³-hybridized carbons (Fsp3) is 0.345. The van der Waals surface area contributed by atoms with Gasteiger partial charge in [0, 0.05) is 40.6 Å². The van der Waals surface area contributed by atoms with Crippen LogP contribution in [0.3, 0.4) is 0 Å². The van der Waals surface area contributed by atoms with E-state index in [0.29, 0.717) is 38.6 Å². The Bertz CT molecular complexity index is 1430. The Kier molecular flexibility index (Phi) is 9.35. The molecule has 2 amide bonds. The van der Waals surface area contributed by atoms with E-state index >= 15 is 0 Å². The fourth-order valence-corrected chi connectivity index (χ4v) is 4.81. The third-order valence-corrected chi connectivity index (χ3v) is 7.03. The maximum absolute atomic E-state index is 13.2. The number of carbonyl (C=O) groups excluding carboxylic acids is 2. The van der Waals surface area contributed by atoms with E-state index in [9.17, 15) is 19.5 Å². The molecule has 0 aliphatic carbocycles. The topological polar surface area (TPSA) is 179 Å². The van der Waals surface area contributed by atoms with E-state index in [4.69, 9.17) is 11.5 Å². The first-order valence-electron chi connectivity index (χ1n) is 13.3. The maximum Gasteiger partial charge on any atom is 0.326 e. The molecule has 2 aromatic heterocycles. The van der Waals surface area contributed by atoms with Gasteiger partial charge in [0.05, 0.1) is 6.04 Å². The van der Waals surface area contributed by atoms with Gasteiger partial charge in [0.2, 0.25) is 11.8 Å². The quantitative estimate of drug-likeness (QED) is 0.122. The molecule has 4 aromatic rings. The van der Waals surface area contributed by atoms with Gasteiger partial charge < -0.3 is 37.2 Å². The number of hydrogen-bond donors (Lipinski definition) is 7. The summed E-state index contributed by atoms with van der Waals surface area (Å²) in [5.74, 6) is -2.17. The number of aromatic nitrogens is 2. The number of nitrogens with two attached hydrogens (primary N) is 2. The van der Waals surface area contributed by atoms with Crippen molar-refractivity contribution in [2.24, 2.45) is 11.5 Å². The van der Waals surface area contributed by atoms with Gasteiger partial charge in [-0.05, 0) is 61.9 Å². The van der Waals surface area contributed by atoms with E-state index in [1.807, 2.05) is 54.7 Å². The summed E-state index contributed by atoms with van der Waals surface area (Å²) in [7, 11) is 0. The number of carbonyl (C=O) groups is 3. The minimum atomic E-state index is -1.17. The second-order valence-corrected chi connectivity index (χ2v) is 9.81. The van der Waals surface area contributed by atoms with Gasteiger partial charge in [-0.3, -0.25) is 9.59 Å². The molecule has 0 bridgehead atoms. The number of carboxylic acids is 1. The molecule has 0 fully saturated rings. The van der Waals surface area contributed by atoms with Crippen LogP contribution in [-0.2, 0) is 27.2 Å². The standard InChI is InChI=1S/C29H36N6O4/c30-14-6-5-11-25(34-27(36)22(31)13-12-18-16-32-23-9-3-1-7-20(18)23)28(37)35-26(29(38)39)15-19-17-33-24-10-4-2-8-21(19)24/h1-4,7-10,16-17,22,25-26,32-33H,5-6,11-15,30-31H2,(H,34,36)(H,35,37)(H,38,39)/t22-,25-,26-/m0/s1. The number of benzene rings is 2. The molecule has 9 N–H and O–H groups in total. The van der Waals surface area contributed by atoms with Crippen molar-refractivity contribution in [1.29, 1.82) is 0 Å². The fourth-order valence-electron chi connectivity index (χ4n) is 4.81. The lowest BCUT2D eigenvalue weighted by Gasteiger charge is -2.23. The largest absolute Gasteiger partial charge is 0.480 e. The highest BCUT2D eigenvalue weighted by atomic mass is 16.4. The number of hydrogen-bond acceptors (Lipinski definition) is 5. The van der Waals surface area contributed by atoms with Crippen LogP contribution in [0, 0.1) is 0 Å². The van der Waals surface area contributed by atoms with Gasteiger partial charge in [0.15, 0.2) is 0 Å². The van der Waals surface area contributed by atoms with Gasteiger partial charge in [-0.2, -0.15) is 0 Å². The summed E-state index contributed by atoms with van der Waals surface area (Å²) >= 11 is 0. The summed E-state index contributed by atoms with van der Waals surface area (Å²) in [6.45, 7) is 0.449. The van der Waals surface area contributed by atoms with Crippen molar-refractivity contribution in [3.63, 3.8) is 0 Å². The van der Waals surface area contributed by atoms with Gasteiger partial charge >= 0.3 is 5.97 Å². The lowest BCUT2D eigenvalue weighted by atomic mass is 10.0. The van der Waals surface area contributed by atoms with E-state index in [0.717, 1.165) is 32.9 Å². The summed E-state index contributed by atoms with van der Waals surface area (Å²) in [4.78, 5) is 44.6. The third kappa shape index (κ3) is 7.04. The Hall–Kier alpha value is -4.15. The average Bonchev–Trinajstić information content (AvgIpc) is 3.54. The monoisotopic (exact) mass is 532 g/mol. The Labute approximate surface area is 226 Å². The van der Waals surface area contributed by atoms with Crippen LogP contribution in [0.1, 0.15) is 36.8 Å². The molecule has 10 nitrogen and oxygen atoms in total. The number of nitrogens with one attached hydrogen (secondary N) is 4. The number of unbranched alkanes of at least 4 members (excludes halogenated alkanes) is 1. The molecule has 2 heterocycles. The SMILES string of the molecule is NCCCC[C@H](NC(=O)[C@@H](N)CCc1c[nH]c2ccccc12)C(=O)N[C@@H](Cc1c[nH]c2ccccc12)C(=O)O. The van der Waals surface area contributed by atoms with Crippen LogP contribution in [0.25, 0.3) is 21.8 Å². The molecule has 0 unspecified atom stereocenters. The summed E-state index contributed by atoms with van der Waals surface area (Å²) in [6, 6.07) is 12.6. The Morgan fingerprint density at radius 3 is 2.03 bits per heavy atom. The van der Waals surface area contributed by atoms with Crippen LogP contribution in [0.15, 0.2) is 60.9 Å². The van der Waals surface area contributed by atoms with Crippen molar-refractivity contribution in [3.8, 4) is 0 Å². The molecule has 2 aromatic carbocycles. The Morgan fingerprint density at radius 2 is 1.38 bits per heavy atom. The number of H-pyrrole nitrogens is 2. The number of aromatic amines is 2. The summed E-state index contributed by atoms with van der Waals surface area (Å²) in [5.41, 5.74) is 15.6. The zero-order chi connectivity index (χ0) is 27.8. The number of aliphatic carboxylic acids is 1. The average molecular weight is 533 g/mol. The number of amides is 2. The van der Waals surface area contributed by atoms with Crippen LogP contribution in [0.4, 0.5) is 0 Å². The molecule has 3 atom stereocenters. The first-order chi connectivity index (χ1) is 18.9. The van der Waals surface area contributed by atoms with E-state index in [-0.39, 0.29) is 6.42 Å². The summed E-state index contributed by atoms with van der Waals surface area (Å²) < 4.78 is 0. The van der Waals surface area contributed by atoms with Crippen molar-refractivity contribution in [2.45, 2.75) is 56.7 Å². The third-order valence-electron chi connectivity index (χ3n) is 7.03. The molecular weight excluding hydrogens is 496 g/mol. The molecule has 10 heteroatoms. The molecule has 0 spiro atoms. The van der Waals surface area contributed by atoms with Crippen LogP contribution in [0.2, 0.25) is 0 Å². The lowest BCUT2D eigenvalue weighted by molar-refractivity contribution is -0.142. The Balaban J connectivity index is 1.39. The predicted molar refractivity (Wildman–Crippen MR) is 151 cm³/mol. The van der Waals surface area contributed by atoms with E-state index in [1.165, 1.54) is 0 Å². The zero-order valence-electron chi connectivity index (χ0n) is 21.8. The summed E-state index contributed by atoms with van der Waals surface area (Å²) in [6.07, 6.45) is 6.33. The van der Waals surface area contributed by atoms with E-state index in [2.05, 4.69) is 20.6 Å². The molecule has 0 aliphatic rings. The highest BCUT2D eigenvalue weighted by Gasteiger charge is 2.28. The zero-order valence-corrected chi connectivity index (χ0v) is 21.8. The normalized spacial score (nSPS) is 13.7. The minimum absolute atomic E-state index is 0.0959. The van der Waals surface area contributed by atoms with Crippen molar-refractivity contribution in [2.75, 3.05) is 6.54 Å². The second-order valence-electron chi connectivity index (χ2n) is 9.81. The first kappa shape index (κ1) is 27.9. The molecule has 0 saturated carbocycles. The van der Waals surface area contributed by atoms with Crippen LogP contribution < -0.4 is 22.1 Å². The van der Waals surface area contributed by atoms with Crippen LogP contribution >= 0.6 is 0 Å². The second kappa shape index (κ2) is 13.1. The first-order valence-corrected chi connectivity index (χ1v) is 13.3. The van der Waals surface area contributed by atoms with Crippen molar-refractivity contribution < 1.29 is 19.5 Å². The number of para-hydroxylation sites is 2. The highest BCUT2D eigenvalue weighted by molar-refractivity contribution is 5.92. The van der Waals surface area contributed by atoms with Crippen molar-refractivity contribution in [1.82, 2.24) is 20.6 Å². The molecule has 39 heavy (non-hydrogen) atoms. The number of carboxylic acid groups (broad SMARTS) is 1. The van der Waals surface area contributed by atoms with Gasteiger partial charge in [-0.25, -0.2) is 4.79 Å². The minimum Gasteiger partial charge on any atom is -0.480 e.